The van der Waals surface area contributed by atoms with Crippen molar-refractivity contribution >= 4 is 17.9 Å². The van der Waals surface area contributed by atoms with Crippen LogP contribution in [0.1, 0.15) is 41.5 Å². The van der Waals surface area contributed by atoms with Gasteiger partial charge in [0.05, 0.1) is 17.5 Å². The summed E-state index contributed by atoms with van der Waals surface area (Å²) in [5.41, 5.74) is -2.12. The normalized spacial score (nSPS) is 11.7. The van der Waals surface area contributed by atoms with Crippen molar-refractivity contribution in [1.29, 1.82) is 0 Å². The van der Waals surface area contributed by atoms with Crippen LogP contribution in [0.4, 0.5) is 4.79 Å². The number of likely N-dealkylation sites (N-methyl/N-ethyl adjacent to an activating group) is 1. The van der Waals surface area contributed by atoms with Crippen molar-refractivity contribution in [3.05, 3.63) is 0 Å². The number of carbonyl (C=O) groups is 3. The van der Waals surface area contributed by atoms with Gasteiger partial charge >= 0.3 is 12.0 Å². The number of carbonyl (C=O) groups excluding carboxylic acids is 2. The summed E-state index contributed by atoms with van der Waals surface area (Å²) in [6.07, 6.45) is 0. The maximum Gasteiger partial charge on any atom is 0.315 e. The van der Waals surface area contributed by atoms with Crippen LogP contribution in [0.5, 0.6) is 0 Å². The fourth-order valence-electron chi connectivity index (χ4n) is 1.60. The van der Waals surface area contributed by atoms with E-state index >= 15 is 0 Å². The molecule has 0 aliphatic carbocycles. The van der Waals surface area contributed by atoms with Crippen molar-refractivity contribution < 1.29 is 19.5 Å². The summed E-state index contributed by atoms with van der Waals surface area (Å²) in [6.45, 7) is 11.1. The standard InChI is InChI=1S/C14H27N3O4/c1-7-17(8-2)10(18)9-15-12(21)16-14(5,6)13(3,4)11(19)20/h7-9H2,1-6H3,(H,19,20)(H2,15,16,21). The number of carboxylic acid groups (broad SMARTS) is 1. The molecule has 0 heterocycles. The topological polar surface area (TPSA) is 98.7 Å². The average Bonchev–Trinajstić information content (AvgIpc) is 2.36. The quantitative estimate of drug-likeness (QED) is 0.654. The Morgan fingerprint density at radius 2 is 1.52 bits per heavy atom. The van der Waals surface area contributed by atoms with Crippen LogP contribution in [-0.2, 0) is 9.59 Å². The Morgan fingerprint density at radius 1 is 1.05 bits per heavy atom. The molecule has 7 nitrogen and oxygen atoms in total. The number of hydrogen-bond donors (Lipinski definition) is 3. The minimum Gasteiger partial charge on any atom is -0.481 e. The molecule has 0 spiro atoms. The molecule has 0 unspecified atom stereocenters. The summed E-state index contributed by atoms with van der Waals surface area (Å²) in [7, 11) is 0. The van der Waals surface area contributed by atoms with E-state index < -0.39 is 23.0 Å². The van der Waals surface area contributed by atoms with E-state index in [1.165, 1.54) is 13.8 Å². The van der Waals surface area contributed by atoms with Crippen molar-refractivity contribution in [2.24, 2.45) is 5.41 Å². The zero-order valence-corrected chi connectivity index (χ0v) is 13.7. The number of hydrogen-bond acceptors (Lipinski definition) is 3. The van der Waals surface area contributed by atoms with Gasteiger partial charge in [-0.1, -0.05) is 0 Å². The fourth-order valence-corrected chi connectivity index (χ4v) is 1.60. The lowest BCUT2D eigenvalue weighted by Crippen LogP contribution is -2.59. The van der Waals surface area contributed by atoms with Gasteiger partial charge in [-0.15, -0.1) is 0 Å². The smallest absolute Gasteiger partial charge is 0.315 e. The first kappa shape index (κ1) is 19.2. The van der Waals surface area contributed by atoms with Crippen LogP contribution in [0.2, 0.25) is 0 Å². The van der Waals surface area contributed by atoms with Gasteiger partial charge < -0.3 is 20.6 Å². The van der Waals surface area contributed by atoms with Crippen molar-refractivity contribution in [3.8, 4) is 0 Å². The van der Waals surface area contributed by atoms with Crippen LogP contribution in [0.3, 0.4) is 0 Å². The summed E-state index contributed by atoms with van der Waals surface area (Å²) >= 11 is 0. The second-order valence-electron chi connectivity index (χ2n) is 5.93. The third kappa shape index (κ3) is 4.91. The molecule has 0 atom stereocenters. The molecule has 7 heteroatoms. The van der Waals surface area contributed by atoms with Crippen molar-refractivity contribution in [2.45, 2.75) is 47.1 Å². The number of nitrogens with zero attached hydrogens (tertiary/aromatic N) is 1. The number of amides is 3. The lowest BCUT2D eigenvalue weighted by atomic mass is 9.74. The molecular weight excluding hydrogens is 274 g/mol. The van der Waals surface area contributed by atoms with E-state index in [4.69, 9.17) is 0 Å². The first-order valence-electron chi connectivity index (χ1n) is 7.06. The SMILES string of the molecule is CCN(CC)C(=O)CNC(=O)NC(C)(C)C(C)(C)C(=O)O. The number of aliphatic carboxylic acids is 1. The van der Waals surface area contributed by atoms with E-state index in [0.29, 0.717) is 13.1 Å². The van der Waals surface area contributed by atoms with Crippen LogP contribution >= 0.6 is 0 Å². The first-order valence-corrected chi connectivity index (χ1v) is 7.06. The van der Waals surface area contributed by atoms with E-state index in [9.17, 15) is 19.5 Å². The highest BCUT2D eigenvalue weighted by Gasteiger charge is 2.44. The summed E-state index contributed by atoms with van der Waals surface area (Å²) in [5.74, 6) is -1.18. The van der Waals surface area contributed by atoms with E-state index in [-0.39, 0.29) is 12.5 Å². The van der Waals surface area contributed by atoms with Gasteiger partial charge in [-0.25, -0.2) is 4.79 Å². The number of nitrogens with one attached hydrogen (secondary N) is 2. The van der Waals surface area contributed by atoms with E-state index in [2.05, 4.69) is 10.6 Å². The molecule has 21 heavy (non-hydrogen) atoms. The maximum atomic E-state index is 11.8. The van der Waals surface area contributed by atoms with Gasteiger partial charge in [0.25, 0.3) is 0 Å². The predicted molar refractivity (Wildman–Crippen MR) is 80.0 cm³/mol. The number of urea groups is 1. The molecule has 0 aromatic carbocycles. The minimum absolute atomic E-state index is 0.114. The molecule has 0 bridgehead atoms. The molecule has 0 radical (unpaired) electrons. The fraction of sp³-hybridized carbons (Fsp3) is 0.786. The first-order chi connectivity index (χ1) is 9.49. The molecule has 3 amide bonds. The summed E-state index contributed by atoms with van der Waals surface area (Å²) in [6, 6.07) is -0.560. The zero-order chi connectivity index (χ0) is 16.8. The molecule has 3 N–H and O–H groups in total. The summed E-state index contributed by atoms with van der Waals surface area (Å²) in [5, 5.41) is 14.3. The molecule has 0 aromatic rings. The van der Waals surface area contributed by atoms with Crippen molar-refractivity contribution in [2.75, 3.05) is 19.6 Å². The second kappa shape index (κ2) is 7.28. The zero-order valence-electron chi connectivity index (χ0n) is 13.7. The molecule has 0 saturated carbocycles. The van der Waals surface area contributed by atoms with Crippen LogP contribution in [0, 0.1) is 5.41 Å². The average molecular weight is 301 g/mol. The van der Waals surface area contributed by atoms with Gasteiger partial charge in [-0.3, -0.25) is 9.59 Å². The Hall–Kier alpha value is -1.79. The summed E-state index contributed by atoms with van der Waals surface area (Å²) in [4.78, 5) is 36.5. The van der Waals surface area contributed by atoms with Gasteiger partial charge in [0.2, 0.25) is 5.91 Å². The lowest BCUT2D eigenvalue weighted by molar-refractivity contribution is -0.150. The van der Waals surface area contributed by atoms with Crippen LogP contribution in [0.15, 0.2) is 0 Å². The number of rotatable bonds is 7. The molecule has 0 saturated heterocycles. The third-order valence-electron chi connectivity index (χ3n) is 4.04. The maximum absolute atomic E-state index is 11.8. The lowest BCUT2D eigenvalue weighted by Gasteiger charge is -2.38. The minimum atomic E-state index is -1.15. The van der Waals surface area contributed by atoms with Gasteiger partial charge in [0.1, 0.15) is 0 Å². The van der Waals surface area contributed by atoms with E-state index in [0.717, 1.165) is 0 Å². The van der Waals surface area contributed by atoms with Gasteiger partial charge in [0, 0.05) is 13.1 Å². The van der Waals surface area contributed by atoms with Gasteiger partial charge in [0.15, 0.2) is 0 Å². The van der Waals surface area contributed by atoms with Crippen LogP contribution < -0.4 is 10.6 Å². The Balaban J connectivity index is 4.58. The molecule has 0 rings (SSSR count). The third-order valence-corrected chi connectivity index (χ3v) is 4.04. The van der Waals surface area contributed by atoms with Crippen molar-refractivity contribution in [1.82, 2.24) is 15.5 Å². The Labute approximate surface area is 126 Å². The van der Waals surface area contributed by atoms with E-state index in [1.807, 2.05) is 13.8 Å². The van der Waals surface area contributed by atoms with E-state index in [1.54, 1.807) is 18.7 Å². The Kier molecular flexibility index (Phi) is 6.66. The van der Waals surface area contributed by atoms with Crippen molar-refractivity contribution in [3.63, 3.8) is 0 Å². The monoisotopic (exact) mass is 301 g/mol. The highest BCUT2D eigenvalue weighted by Crippen LogP contribution is 2.30. The van der Waals surface area contributed by atoms with Crippen LogP contribution in [-0.4, -0.2) is 53.1 Å². The summed E-state index contributed by atoms with van der Waals surface area (Å²) < 4.78 is 0. The van der Waals surface area contributed by atoms with Gasteiger partial charge in [-0.05, 0) is 41.5 Å². The van der Waals surface area contributed by atoms with Gasteiger partial charge in [-0.2, -0.15) is 0 Å². The molecule has 0 aliphatic rings. The highest BCUT2D eigenvalue weighted by molar-refractivity contribution is 5.85. The highest BCUT2D eigenvalue weighted by atomic mass is 16.4. The Bertz CT molecular complexity index is 401. The molecular formula is C14H27N3O4. The molecule has 0 aromatic heterocycles. The largest absolute Gasteiger partial charge is 0.481 e. The molecule has 0 aliphatic heterocycles. The Morgan fingerprint density at radius 3 is 1.90 bits per heavy atom. The second-order valence-corrected chi connectivity index (χ2v) is 5.93. The van der Waals surface area contributed by atoms with Crippen LogP contribution in [0.25, 0.3) is 0 Å². The molecule has 0 fully saturated rings. The number of carboxylic acids is 1. The predicted octanol–water partition coefficient (Wildman–Crippen LogP) is 1.04. The molecule has 122 valence electrons.